The van der Waals surface area contributed by atoms with Gasteiger partial charge in [-0.1, -0.05) is 47.5 Å². The summed E-state index contributed by atoms with van der Waals surface area (Å²) in [6.07, 6.45) is 11.8. The zero-order valence-corrected chi connectivity index (χ0v) is 19.2. The van der Waals surface area contributed by atoms with Gasteiger partial charge in [-0.25, -0.2) is 0 Å². The number of aliphatic hydroxyl groups is 2. The van der Waals surface area contributed by atoms with Gasteiger partial charge in [-0.3, -0.25) is 0 Å². The number of rotatable bonds is 4. The van der Waals surface area contributed by atoms with Crippen molar-refractivity contribution in [3.63, 3.8) is 0 Å². The third kappa shape index (κ3) is 3.29. The maximum absolute atomic E-state index is 11.1. The van der Waals surface area contributed by atoms with Crippen molar-refractivity contribution in [3.05, 3.63) is 0 Å². The van der Waals surface area contributed by atoms with Crippen LogP contribution in [0.4, 0.5) is 0 Å². The summed E-state index contributed by atoms with van der Waals surface area (Å²) < 4.78 is 0. The standard InChI is InChI=1S/C26H46O2/c1-16(2)6-7-17(3)20-8-9-21-19-15-24(28)23-14-18(27)10-12-26(23,5)22(19)11-13-25(20,21)4/h16-24,27-28H,6-15H2,1-5H3/t17-,18-,19?,20-,21?,22?,23+,24+,25-,26-/m1/s1. The van der Waals surface area contributed by atoms with E-state index in [1.54, 1.807) is 0 Å². The fraction of sp³-hybridized carbons (Fsp3) is 1.00. The van der Waals surface area contributed by atoms with E-state index < -0.39 is 0 Å². The molecular formula is C26H46O2. The van der Waals surface area contributed by atoms with E-state index in [0.717, 1.165) is 55.3 Å². The molecule has 10 atom stereocenters. The monoisotopic (exact) mass is 390 g/mol. The van der Waals surface area contributed by atoms with Gasteiger partial charge in [-0.2, -0.15) is 0 Å². The Morgan fingerprint density at radius 3 is 2.18 bits per heavy atom. The maximum Gasteiger partial charge on any atom is 0.0577 e. The Labute approximate surface area is 173 Å². The van der Waals surface area contributed by atoms with Gasteiger partial charge in [0.2, 0.25) is 0 Å². The zero-order valence-electron chi connectivity index (χ0n) is 19.2. The molecule has 28 heavy (non-hydrogen) atoms. The lowest BCUT2D eigenvalue weighted by atomic mass is 9.43. The zero-order chi connectivity index (χ0) is 20.3. The van der Waals surface area contributed by atoms with Crippen LogP contribution in [0, 0.1) is 52.3 Å². The molecule has 4 saturated carbocycles. The Bertz CT molecular complexity index is 559. The van der Waals surface area contributed by atoms with Crippen molar-refractivity contribution in [2.24, 2.45) is 52.3 Å². The largest absolute Gasteiger partial charge is 0.393 e. The third-order valence-electron chi connectivity index (χ3n) is 10.6. The van der Waals surface area contributed by atoms with E-state index >= 15 is 0 Å². The van der Waals surface area contributed by atoms with Crippen LogP contribution in [0.15, 0.2) is 0 Å². The summed E-state index contributed by atoms with van der Waals surface area (Å²) in [5.41, 5.74) is 0.749. The molecule has 162 valence electrons. The Kier molecular flexibility index (Phi) is 5.71. The minimum Gasteiger partial charge on any atom is -0.393 e. The first-order chi connectivity index (χ1) is 13.2. The second kappa shape index (κ2) is 7.56. The van der Waals surface area contributed by atoms with Crippen molar-refractivity contribution < 1.29 is 10.2 Å². The molecule has 3 unspecified atom stereocenters. The molecule has 4 rings (SSSR count). The molecule has 0 aliphatic heterocycles. The average molecular weight is 391 g/mol. The molecule has 0 saturated heterocycles. The van der Waals surface area contributed by atoms with Gasteiger partial charge in [-0.05, 0) is 104 Å². The van der Waals surface area contributed by atoms with Gasteiger partial charge in [-0.15, -0.1) is 0 Å². The van der Waals surface area contributed by atoms with E-state index in [9.17, 15) is 10.2 Å². The van der Waals surface area contributed by atoms with Gasteiger partial charge in [0.05, 0.1) is 12.2 Å². The van der Waals surface area contributed by atoms with Gasteiger partial charge in [0.1, 0.15) is 0 Å². The first-order valence-corrected chi connectivity index (χ1v) is 12.5. The highest BCUT2D eigenvalue weighted by atomic mass is 16.3. The minimum atomic E-state index is -0.194. The predicted octanol–water partition coefficient (Wildman–Crippen LogP) is 6.05. The topological polar surface area (TPSA) is 40.5 Å². The smallest absolute Gasteiger partial charge is 0.0577 e. The van der Waals surface area contributed by atoms with Crippen LogP contribution in [0.3, 0.4) is 0 Å². The first-order valence-electron chi connectivity index (χ1n) is 12.5. The molecule has 4 fully saturated rings. The number of aliphatic hydroxyl groups excluding tert-OH is 2. The molecule has 0 aromatic carbocycles. The van der Waals surface area contributed by atoms with E-state index in [1.807, 2.05) is 0 Å². The number of hydrogen-bond donors (Lipinski definition) is 2. The van der Waals surface area contributed by atoms with Crippen molar-refractivity contribution >= 4 is 0 Å². The van der Waals surface area contributed by atoms with Crippen LogP contribution in [0.2, 0.25) is 0 Å². The van der Waals surface area contributed by atoms with Gasteiger partial charge < -0.3 is 10.2 Å². The van der Waals surface area contributed by atoms with E-state index in [-0.39, 0.29) is 17.6 Å². The Balaban J connectivity index is 1.54. The van der Waals surface area contributed by atoms with Crippen LogP contribution < -0.4 is 0 Å². The SMILES string of the molecule is CC(C)CC[C@@H](C)[C@H]1CCC2C3C[C@H](O)[C@@H]4C[C@H](O)CC[C@]4(C)C3CC[C@@]21C. The third-order valence-corrected chi connectivity index (χ3v) is 10.6. The normalized spacial score (nSPS) is 52.1. The van der Waals surface area contributed by atoms with Crippen LogP contribution in [0.25, 0.3) is 0 Å². The summed E-state index contributed by atoms with van der Waals surface area (Å²) in [4.78, 5) is 0. The molecule has 0 heterocycles. The van der Waals surface area contributed by atoms with Crippen LogP contribution in [0.5, 0.6) is 0 Å². The summed E-state index contributed by atoms with van der Waals surface area (Å²) in [7, 11) is 0. The lowest BCUT2D eigenvalue weighted by Crippen LogP contribution is -2.58. The highest BCUT2D eigenvalue weighted by Crippen LogP contribution is 2.68. The Morgan fingerprint density at radius 2 is 1.46 bits per heavy atom. The molecule has 2 N–H and O–H groups in total. The Morgan fingerprint density at radius 1 is 0.786 bits per heavy atom. The van der Waals surface area contributed by atoms with E-state index in [0.29, 0.717) is 17.3 Å². The molecule has 2 nitrogen and oxygen atoms in total. The van der Waals surface area contributed by atoms with Gasteiger partial charge in [0.25, 0.3) is 0 Å². The quantitative estimate of drug-likeness (QED) is 0.613. The molecule has 0 radical (unpaired) electrons. The molecule has 2 heteroatoms. The minimum absolute atomic E-state index is 0.184. The van der Waals surface area contributed by atoms with E-state index in [1.165, 1.54) is 38.5 Å². The lowest BCUT2D eigenvalue weighted by Gasteiger charge is -2.62. The molecule has 0 aromatic rings. The number of fused-ring (bicyclic) bond motifs is 5. The molecule has 0 bridgehead atoms. The van der Waals surface area contributed by atoms with Crippen LogP contribution >= 0.6 is 0 Å². The average Bonchev–Trinajstić information content (AvgIpc) is 2.99. The lowest BCUT2D eigenvalue weighted by molar-refractivity contribution is -0.172. The number of hydrogen-bond acceptors (Lipinski definition) is 2. The molecule has 4 aliphatic rings. The highest BCUT2D eigenvalue weighted by Gasteiger charge is 2.62. The van der Waals surface area contributed by atoms with Crippen LogP contribution in [0.1, 0.15) is 98.8 Å². The summed E-state index contributed by atoms with van der Waals surface area (Å²) in [5, 5.41) is 21.4. The van der Waals surface area contributed by atoms with Crippen molar-refractivity contribution in [1.82, 2.24) is 0 Å². The molecular weight excluding hydrogens is 344 g/mol. The summed E-state index contributed by atoms with van der Waals surface area (Å²) in [6, 6.07) is 0. The van der Waals surface area contributed by atoms with Gasteiger partial charge in [0.15, 0.2) is 0 Å². The summed E-state index contributed by atoms with van der Waals surface area (Å²) in [5.74, 6) is 5.17. The van der Waals surface area contributed by atoms with E-state index in [4.69, 9.17) is 0 Å². The predicted molar refractivity (Wildman–Crippen MR) is 116 cm³/mol. The fourth-order valence-electron chi connectivity index (χ4n) is 9.05. The van der Waals surface area contributed by atoms with Gasteiger partial charge in [0, 0.05) is 0 Å². The van der Waals surface area contributed by atoms with Crippen molar-refractivity contribution in [2.45, 2.75) is 111 Å². The second-order valence-corrected chi connectivity index (χ2v) is 12.4. The van der Waals surface area contributed by atoms with Crippen molar-refractivity contribution in [2.75, 3.05) is 0 Å². The summed E-state index contributed by atoms with van der Waals surface area (Å²) in [6.45, 7) is 12.4. The highest BCUT2D eigenvalue weighted by molar-refractivity contribution is 5.11. The fourth-order valence-corrected chi connectivity index (χ4v) is 9.05. The maximum atomic E-state index is 11.1. The Hall–Kier alpha value is -0.0800. The molecule has 0 spiro atoms. The van der Waals surface area contributed by atoms with Crippen molar-refractivity contribution in [3.8, 4) is 0 Å². The molecule has 4 aliphatic carbocycles. The van der Waals surface area contributed by atoms with Gasteiger partial charge >= 0.3 is 0 Å². The molecule has 0 amide bonds. The summed E-state index contributed by atoms with van der Waals surface area (Å²) >= 11 is 0. The van der Waals surface area contributed by atoms with Crippen molar-refractivity contribution in [1.29, 1.82) is 0 Å². The first kappa shape index (κ1) is 21.2. The molecule has 0 aromatic heterocycles. The van der Waals surface area contributed by atoms with E-state index in [2.05, 4.69) is 34.6 Å². The van der Waals surface area contributed by atoms with Crippen LogP contribution in [-0.2, 0) is 0 Å². The van der Waals surface area contributed by atoms with Crippen LogP contribution in [-0.4, -0.2) is 22.4 Å². The second-order valence-electron chi connectivity index (χ2n) is 12.4.